The van der Waals surface area contributed by atoms with Gasteiger partial charge in [0.05, 0.1) is 24.2 Å². The van der Waals surface area contributed by atoms with Crippen molar-refractivity contribution in [3.8, 4) is 0 Å². The van der Waals surface area contributed by atoms with Crippen molar-refractivity contribution in [2.24, 2.45) is 0 Å². The molecule has 0 aliphatic carbocycles. The molecular weight excluding hydrogens is 474 g/mol. The third-order valence-corrected chi connectivity index (χ3v) is 7.30. The number of sulfone groups is 1. The standard InChI is InChI=1S/C24H27N3O7S/c1-34-24(31)18(12-13-35(32,33)17-10-6-3-7-11-17)25-21(28)15-20-23(30)26-19(22(29)27-20)14-16-8-4-2-5-9-16/h2-11,18-20H,12-15H2,1H3,(H,25,28)(H,26,30)(H,27,29)/t18-,19-,20-/m0/s1. The van der Waals surface area contributed by atoms with Gasteiger partial charge in [0.15, 0.2) is 9.84 Å². The summed E-state index contributed by atoms with van der Waals surface area (Å²) in [6, 6.07) is 13.8. The first-order valence-corrected chi connectivity index (χ1v) is 12.6. The van der Waals surface area contributed by atoms with Crippen LogP contribution in [0.3, 0.4) is 0 Å². The summed E-state index contributed by atoms with van der Waals surface area (Å²) in [6.45, 7) is 0. The molecule has 0 saturated carbocycles. The van der Waals surface area contributed by atoms with E-state index in [1.807, 2.05) is 30.3 Å². The summed E-state index contributed by atoms with van der Waals surface area (Å²) in [6.07, 6.45) is -0.343. The van der Waals surface area contributed by atoms with Crippen LogP contribution in [0.25, 0.3) is 0 Å². The molecule has 0 aromatic heterocycles. The number of hydrogen-bond donors (Lipinski definition) is 3. The van der Waals surface area contributed by atoms with E-state index in [0.717, 1.165) is 12.7 Å². The summed E-state index contributed by atoms with van der Waals surface area (Å²) in [5.41, 5.74) is 0.871. The first kappa shape index (κ1) is 25.9. The number of amides is 3. The van der Waals surface area contributed by atoms with E-state index >= 15 is 0 Å². The fourth-order valence-corrected chi connectivity index (χ4v) is 5.02. The van der Waals surface area contributed by atoms with Crippen LogP contribution in [0.1, 0.15) is 18.4 Å². The molecule has 3 atom stereocenters. The molecule has 2 aromatic carbocycles. The number of ether oxygens (including phenoxy) is 1. The summed E-state index contributed by atoms with van der Waals surface area (Å²) in [4.78, 5) is 49.8. The first-order chi connectivity index (χ1) is 16.7. The molecule has 10 nitrogen and oxygen atoms in total. The Kier molecular flexibility index (Phi) is 8.58. The topological polar surface area (TPSA) is 148 Å². The molecule has 0 unspecified atom stereocenters. The fraction of sp³-hybridized carbons (Fsp3) is 0.333. The number of hydrogen-bond acceptors (Lipinski definition) is 7. The number of benzene rings is 2. The van der Waals surface area contributed by atoms with Crippen LogP contribution in [-0.2, 0) is 40.2 Å². The maximum Gasteiger partial charge on any atom is 0.328 e. The Balaban J connectivity index is 1.57. The highest BCUT2D eigenvalue weighted by molar-refractivity contribution is 7.91. The van der Waals surface area contributed by atoms with Gasteiger partial charge in [0.1, 0.15) is 18.1 Å². The van der Waals surface area contributed by atoms with Gasteiger partial charge in [-0.15, -0.1) is 0 Å². The van der Waals surface area contributed by atoms with E-state index in [0.29, 0.717) is 6.42 Å². The largest absolute Gasteiger partial charge is 0.467 e. The van der Waals surface area contributed by atoms with E-state index in [9.17, 15) is 27.6 Å². The van der Waals surface area contributed by atoms with E-state index in [2.05, 4.69) is 20.7 Å². The van der Waals surface area contributed by atoms with Crippen LogP contribution in [0.4, 0.5) is 0 Å². The van der Waals surface area contributed by atoms with Crippen molar-refractivity contribution in [3.63, 3.8) is 0 Å². The fourth-order valence-electron chi connectivity index (χ4n) is 3.66. The van der Waals surface area contributed by atoms with Gasteiger partial charge in [0.2, 0.25) is 17.7 Å². The Hall–Kier alpha value is -3.73. The summed E-state index contributed by atoms with van der Waals surface area (Å²) >= 11 is 0. The molecular formula is C24H27N3O7S. The van der Waals surface area contributed by atoms with Crippen LogP contribution < -0.4 is 16.0 Å². The van der Waals surface area contributed by atoms with Crippen molar-refractivity contribution in [1.29, 1.82) is 0 Å². The molecule has 11 heteroatoms. The number of rotatable bonds is 10. The minimum Gasteiger partial charge on any atom is -0.467 e. The second-order valence-electron chi connectivity index (χ2n) is 8.08. The summed E-state index contributed by atoms with van der Waals surface area (Å²) in [7, 11) is -2.57. The van der Waals surface area contributed by atoms with Gasteiger partial charge < -0.3 is 20.7 Å². The highest BCUT2D eigenvalue weighted by Crippen LogP contribution is 2.13. The molecule has 3 N–H and O–H groups in total. The molecule has 3 rings (SSSR count). The summed E-state index contributed by atoms with van der Waals surface area (Å²) in [5, 5.41) is 7.57. The lowest BCUT2D eigenvalue weighted by molar-refractivity contribution is -0.145. The van der Waals surface area contributed by atoms with Crippen LogP contribution in [-0.4, -0.2) is 63.1 Å². The molecule has 3 amide bonds. The van der Waals surface area contributed by atoms with E-state index in [-0.39, 0.29) is 11.3 Å². The van der Waals surface area contributed by atoms with E-state index in [1.54, 1.807) is 18.2 Å². The SMILES string of the molecule is COC(=O)[C@H](CCS(=O)(=O)c1ccccc1)NC(=O)C[C@@H]1NC(=O)[C@H](Cc2ccccc2)NC1=O. The minimum absolute atomic E-state index is 0.0987. The Bertz CT molecular complexity index is 1170. The quantitative estimate of drug-likeness (QED) is 0.392. The average Bonchev–Trinajstić information content (AvgIpc) is 2.85. The van der Waals surface area contributed by atoms with E-state index < -0.39 is 63.8 Å². The number of carbonyl (C=O) groups is 4. The molecule has 1 heterocycles. The van der Waals surface area contributed by atoms with Crippen molar-refractivity contribution in [3.05, 3.63) is 66.2 Å². The normalized spacial score (nSPS) is 18.7. The molecule has 0 bridgehead atoms. The molecule has 0 radical (unpaired) electrons. The molecule has 186 valence electrons. The average molecular weight is 502 g/mol. The molecule has 1 fully saturated rings. The number of nitrogens with one attached hydrogen (secondary N) is 3. The zero-order valence-corrected chi connectivity index (χ0v) is 19.9. The van der Waals surface area contributed by atoms with Crippen molar-refractivity contribution in [2.75, 3.05) is 12.9 Å². The van der Waals surface area contributed by atoms with Crippen LogP contribution in [0, 0.1) is 0 Å². The van der Waals surface area contributed by atoms with Gasteiger partial charge in [0.25, 0.3) is 0 Å². The smallest absolute Gasteiger partial charge is 0.328 e. The molecule has 0 spiro atoms. The molecule has 1 aliphatic rings. The molecule has 1 saturated heterocycles. The van der Waals surface area contributed by atoms with Crippen LogP contribution in [0.15, 0.2) is 65.6 Å². The monoisotopic (exact) mass is 501 g/mol. The predicted molar refractivity (Wildman–Crippen MR) is 126 cm³/mol. The Morgan fingerprint density at radius 1 is 0.943 bits per heavy atom. The highest BCUT2D eigenvalue weighted by Gasteiger charge is 2.35. The molecule has 35 heavy (non-hydrogen) atoms. The maximum atomic E-state index is 12.6. The zero-order valence-electron chi connectivity index (χ0n) is 19.1. The second-order valence-corrected chi connectivity index (χ2v) is 10.2. The predicted octanol–water partition coefficient (Wildman–Crippen LogP) is 0.124. The van der Waals surface area contributed by atoms with Gasteiger partial charge >= 0.3 is 5.97 Å². The van der Waals surface area contributed by atoms with Crippen LogP contribution in [0.5, 0.6) is 0 Å². The molecule has 1 aliphatic heterocycles. The maximum absolute atomic E-state index is 12.6. The van der Waals surface area contributed by atoms with Crippen molar-refractivity contribution in [2.45, 2.75) is 42.3 Å². The summed E-state index contributed by atoms with van der Waals surface area (Å²) in [5.74, 6) is -2.88. The lowest BCUT2D eigenvalue weighted by Crippen LogP contribution is -2.63. The molecule has 2 aromatic rings. The lowest BCUT2D eigenvalue weighted by atomic mass is 10.0. The zero-order chi connectivity index (χ0) is 25.4. The first-order valence-electron chi connectivity index (χ1n) is 11.0. The Morgan fingerprint density at radius 3 is 2.14 bits per heavy atom. The van der Waals surface area contributed by atoms with Gasteiger partial charge in [-0.2, -0.15) is 0 Å². The van der Waals surface area contributed by atoms with Crippen molar-refractivity contribution < 1.29 is 32.3 Å². The van der Waals surface area contributed by atoms with Gasteiger partial charge in [-0.1, -0.05) is 48.5 Å². The summed E-state index contributed by atoms with van der Waals surface area (Å²) < 4.78 is 29.7. The highest BCUT2D eigenvalue weighted by atomic mass is 32.2. The van der Waals surface area contributed by atoms with Crippen molar-refractivity contribution >= 4 is 33.5 Å². The van der Waals surface area contributed by atoms with Crippen LogP contribution in [0.2, 0.25) is 0 Å². The second kappa shape index (κ2) is 11.6. The number of methoxy groups -OCH3 is 1. The van der Waals surface area contributed by atoms with Gasteiger partial charge in [-0.05, 0) is 24.1 Å². The van der Waals surface area contributed by atoms with Gasteiger partial charge in [-0.25, -0.2) is 13.2 Å². The third-order valence-electron chi connectivity index (χ3n) is 5.54. The lowest BCUT2D eigenvalue weighted by Gasteiger charge is -2.29. The minimum atomic E-state index is -3.69. The van der Waals surface area contributed by atoms with E-state index in [1.165, 1.54) is 12.1 Å². The third kappa shape index (κ3) is 7.12. The van der Waals surface area contributed by atoms with E-state index in [4.69, 9.17) is 0 Å². The van der Waals surface area contributed by atoms with Gasteiger partial charge in [0, 0.05) is 6.42 Å². The number of esters is 1. The number of piperazine rings is 1. The Morgan fingerprint density at radius 2 is 1.51 bits per heavy atom. The van der Waals surface area contributed by atoms with Crippen LogP contribution >= 0.6 is 0 Å². The number of carbonyl (C=O) groups excluding carboxylic acids is 4. The van der Waals surface area contributed by atoms with Crippen molar-refractivity contribution in [1.82, 2.24) is 16.0 Å². The Labute approximate surface area is 203 Å². The van der Waals surface area contributed by atoms with Gasteiger partial charge in [-0.3, -0.25) is 14.4 Å².